The molecule has 0 bridgehead atoms. The molecule has 138 valence electrons. The van der Waals surface area contributed by atoms with Crippen LogP contribution in [-0.4, -0.2) is 51.9 Å². The summed E-state index contributed by atoms with van der Waals surface area (Å²) >= 11 is 0. The van der Waals surface area contributed by atoms with Crippen LogP contribution in [0.15, 0.2) is 55.2 Å². The van der Waals surface area contributed by atoms with Gasteiger partial charge in [0, 0.05) is 44.5 Å². The maximum Gasteiger partial charge on any atom is 0.254 e. The third kappa shape index (κ3) is 4.08. The van der Waals surface area contributed by atoms with Crippen LogP contribution < -0.4 is 4.90 Å². The largest absolute Gasteiger partial charge is 0.363 e. The Morgan fingerprint density at radius 1 is 0.963 bits per heavy atom. The summed E-state index contributed by atoms with van der Waals surface area (Å²) < 4.78 is 0. The van der Waals surface area contributed by atoms with Crippen molar-refractivity contribution in [3.63, 3.8) is 0 Å². The van der Waals surface area contributed by atoms with Gasteiger partial charge in [-0.15, -0.1) is 0 Å². The van der Waals surface area contributed by atoms with Crippen LogP contribution in [-0.2, 0) is 0 Å². The second kappa shape index (κ2) is 7.90. The zero-order valence-corrected chi connectivity index (χ0v) is 15.9. The van der Waals surface area contributed by atoms with Gasteiger partial charge in [-0.25, -0.2) is 19.9 Å². The molecule has 1 amide bonds. The Hall–Kier alpha value is -3.35. The second-order valence-corrected chi connectivity index (χ2v) is 6.46. The Morgan fingerprint density at radius 2 is 1.70 bits per heavy atom. The van der Waals surface area contributed by atoms with Gasteiger partial charge in [-0.2, -0.15) is 0 Å². The van der Waals surface area contributed by atoms with Crippen LogP contribution in [0, 0.1) is 0 Å². The van der Waals surface area contributed by atoms with E-state index in [0.29, 0.717) is 5.56 Å². The standard InChI is InChI=1S/C20H22N6O/c1-14(17-9-10-21-12-22-17)26(4)20(27)16-7-5-15(6-8-16)18-11-19(25(2)3)24-13-23-18/h5-14H,1-4H3/t14-/m0/s1. The van der Waals surface area contributed by atoms with Gasteiger partial charge in [-0.05, 0) is 25.1 Å². The third-order valence-electron chi connectivity index (χ3n) is 4.47. The SMILES string of the molecule is C[C@@H](c1ccncn1)N(C)C(=O)c1ccc(-c2cc(N(C)C)ncn2)cc1. The summed E-state index contributed by atoms with van der Waals surface area (Å²) in [6, 6.07) is 11.0. The highest BCUT2D eigenvalue weighted by molar-refractivity contribution is 5.94. The fourth-order valence-corrected chi connectivity index (χ4v) is 2.66. The molecule has 2 heterocycles. The van der Waals surface area contributed by atoms with Crippen LogP contribution in [0.4, 0.5) is 5.82 Å². The summed E-state index contributed by atoms with van der Waals surface area (Å²) in [5.41, 5.74) is 3.16. The fraction of sp³-hybridized carbons (Fsp3) is 0.250. The summed E-state index contributed by atoms with van der Waals surface area (Å²) in [5.74, 6) is 0.767. The lowest BCUT2D eigenvalue weighted by Crippen LogP contribution is -2.30. The van der Waals surface area contributed by atoms with Crippen LogP contribution in [0.2, 0.25) is 0 Å². The summed E-state index contributed by atoms with van der Waals surface area (Å²) in [4.78, 5) is 33.1. The van der Waals surface area contributed by atoms with Gasteiger partial charge in [0.15, 0.2) is 0 Å². The first-order chi connectivity index (χ1) is 13.0. The van der Waals surface area contributed by atoms with Crippen LogP contribution in [0.5, 0.6) is 0 Å². The Kier molecular flexibility index (Phi) is 5.40. The number of carbonyl (C=O) groups excluding carboxylic acids is 1. The summed E-state index contributed by atoms with van der Waals surface area (Å²) in [6.45, 7) is 1.94. The van der Waals surface area contributed by atoms with E-state index in [9.17, 15) is 4.79 Å². The van der Waals surface area contributed by atoms with Crippen molar-refractivity contribution in [2.24, 2.45) is 0 Å². The Bertz CT molecular complexity index is 911. The lowest BCUT2D eigenvalue weighted by atomic mass is 10.1. The normalized spacial score (nSPS) is 11.7. The van der Waals surface area contributed by atoms with Crippen LogP contribution in [0.3, 0.4) is 0 Å². The van der Waals surface area contributed by atoms with Gasteiger partial charge in [-0.1, -0.05) is 12.1 Å². The number of aromatic nitrogens is 4. The van der Waals surface area contributed by atoms with E-state index in [1.54, 1.807) is 24.5 Å². The number of hydrogen-bond donors (Lipinski definition) is 0. The molecule has 27 heavy (non-hydrogen) atoms. The number of nitrogens with zero attached hydrogens (tertiary/aromatic N) is 6. The number of carbonyl (C=O) groups is 1. The fourth-order valence-electron chi connectivity index (χ4n) is 2.66. The topological polar surface area (TPSA) is 75.1 Å². The minimum atomic E-state index is -0.148. The van der Waals surface area contributed by atoms with Crippen molar-refractivity contribution in [1.29, 1.82) is 0 Å². The zero-order valence-electron chi connectivity index (χ0n) is 15.9. The maximum absolute atomic E-state index is 12.8. The van der Waals surface area contributed by atoms with Crippen molar-refractivity contribution in [2.45, 2.75) is 13.0 Å². The molecule has 0 aliphatic carbocycles. The molecule has 0 aliphatic heterocycles. The highest BCUT2D eigenvalue weighted by atomic mass is 16.2. The van der Waals surface area contributed by atoms with Gasteiger partial charge in [0.1, 0.15) is 18.5 Å². The lowest BCUT2D eigenvalue weighted by Gasteiger charge is -2.24. The predicted octanol–water partition coefficient (Wildman–Crippen LogP) is 2.83. The second-order valence-electron chi connectivity index (χ2n) is 6.46. The van der Waals surface area contributed by atoms with E-state index in [1.165, 1.54) is 6.33 Å². The number of anilines is 1. The molecule has 0 N–H and O–H groups in total. The van der Waals surface area contributed by atoms with Gasteiger partial charge in [0.2, 0.25) is 0 Å². The van der Waals surface area contributed by atoms with E-state index in [2.05, 4.69) is 19.9 Å². The van der Waals surface area contributed by atoms with E-state index in [4.69, 9.17) is 0 Å². The number of hydrogen-bond acceptors (Lipinski definition) is 6. The van der Waals surface area contributed by atoms with Crippen molar-refractivity contribution < 1.29 is 4.79 Å². The molecular weight excluding hydrogens is 340 g/mol. The van der Waals surface area contributed by atoms with E-state index >= 15 is 0 Å². The molecule has 3 aromatic rings. The van der Waals surface area contributed by atoms with E-state index in [1.807, 2.05) is 62.3 Å². The molecule has 0 fully saturated rings. The Labute approximate surface area is 158 Å². The van der Waals surface area contributed by atoms with E-state index < -0.39 is 0 Å². The van der Waals surface area contributed by atoms with E-state index in [0.717, 1.165) is 22.8 Å². The summed E-state index contributed by atoms with van der Waals surface area (Å²) in [7, 11) is 5.64. The van der Waals surface area contributed by atoms with Crippen molar-refractivity contribution in [3.05, 3.63) is 66.5 Å². The zero-order chi connectivity index (χ0) is 19.4. The highest BCUT2D eigenvalue weighted by Crippen LogP contribution is 2.22. The van der Waals surface area contributed by atoms with Gasteiger partial charge >= 0.3 is 0 Å². The summed E-state index contributed by atoms with van der Waals surface area (Å²) in [5, 5.41) is 0. The molecule has 0 saturated heterocycles. The molecule has 7 heteroatoms. The monoisotopic (exact) mass is 362 g/mol. The van der Waals surface area contributed by atoms with E-state index in [-0.39, 0.29) is 11.9 Å². The van der Waals surface area contributed by atoms with Gasteiger partial charge in [0.05, 0.1) is 17.4 Å². The molecule has 0 unspecified atom stereocenters. The molecular formula is C20H22N6O. The number of amides is 1. The Morgan fingerprint density at radius 3 is 2.33 bits per heavy atom. The average molecular weight is 362 g/mol. The number of rotatable bonds is 5. The average Bonchev–Trinajstić information content (AvgIpc) is 2.73. The first kappa shape index (κ1) is 18.4. The first-order valence-electron chi connectivity index (χ1n) is 8.60. The third-order valence-corrected chi connectivity index (χ3v) is 4.47. The van der Waals surface area contributed by atoms with Crippen LogP contribution in [0.1, 0.15) is 29.0 Å². The molecule has 0 spiro atoms. The molecule has 1 aromatic carbocycles. The minimum absolute atomic E-state index is 0.0654. The Balaban J connectivity index is 1.78. The molecule has 3 rings (SSSR count). The lowest BCUT2D eigenvalue weighted by molar-refractivity contribution is 0.0739. The van der Waals surface area contributed by atoms with Crippen LogP contribution in [0.25, 0.3) is 11.3 Å². The molecule has 2 aromatic heterocycles. The van der Waals surface area contributed by atoms with Crippen molar-refractivity contribution >= 4 is 11.7 Å². The first-order valence-corrected chi connectivity index (χ1v) is 8.60. The smallest absolute Gasteiger partial charge is 0.254 e. The van der Waals surface area contributed by atoms with Crippen molar-refractivity contribution in [1.82, 2.24) is 24.8 Å². The maximum atomic E-state index is 12.8. The predicted molar refractivity (Wildman–Crippen MR) is 104 cm³/mol. The van der Waals surface area contributed by atoms with Crippen molar-refractivity contribution in [2.75, 3.05) is 26.0 Å². The molecule has 0 radical (unpaired) electrons. The quantitative estimate of drug-likeness (QED) is 0.695. The van der Waals surface area contributed by atoms with Crippen molar-refractivity contribution in [3.8, 4) is 11.3 Å². The highest BCUT2D eigenvalue weighted by Gasteiger charge is 2.19. The molecule has 7 nitrogen and oxygen atoms in total. The summed E-state index contributed by atoms with van der Waals surface area (Å²) in [6.07, 6.45) is 4.71. The molecule has 0 aliphatic rings. The molecule has 0 saturated carbocycles. The van der Waals surface area contributed by atoms with Gasteiger partial charge in [0.25, 0.3) is 5.91 Å². The number of benzene rings is 1. The minimum Gasteiger partial charge on any atom is -0.363 e. The van der Waals surface area contributed by atoms with Gasteiger partial charge < -0.3 is 9.80 Å². The molecule has 1 atom stereocenters. The van der Waals surface area contributed by atoms with Crippen LogP contribution >= 0.6 is 0 Å². The van der Waals surface area contributed by atoms with Gasteiger partial charge in [-0.3, -0.25) is 4.79 Å².